The van der Waals surface area contributed by atoms with E-state index in [2.05, 4.69) is 22.1 Å². The minimum atomic E-state index is -0.0997. The Morgan fingerprint density at radius 2 is 2.00 bits per heavy atom. The standard InChI is InChI=1S/C19H17ClN4OS2/c1-2-11-24-13-21-23-19(24)26-12-18(25)22-16-5-3-4-6-17(16)27-15-9-7-14(20)8-10-15/h2-10,13H,1,11-12H2,(H,22,25). The number of carbonyl (C=O) groups is 1. The normalized spacial score (nSPS) is 10.6. The lowest BCUT2D eigenvalue weighted by Gasteiger charge is -2.11. The number of hydrogen-bond acceptors (Lipinski definition) is 5. The fourth-order valence-corrected chi connectivity index (χ4v) is 3.98. The molecular formula is C19H17ClN4OS2. The number of anilines is 1. The number of nitrogens with one attached hydrogen (secondary N) is 1. The van der Waals surface area contributed by atoms with Gasteiger partial charge >= 0.3 is 0 Å². The van der Waals surface area contributed by atoms with Crippen molar-refractivity contribution >= 4 is 46.7 Å². The van der Waals surface area contributed by atoms with Gasteiger partial charge in [0.25, 0.3) is 0 Å². The van der Waals surface area contributed by atoms with Crippen molar-refractivity contribution in [1.29, 1.82) is 0 Å². The van der Waals surface area contributed by atoms with Gasteiger partial charge in [-0.3, -0.25) is 4.79 Å². The molecule has 27 heavy (non-hydrogen) atoms. The summed E-state index contributed by atoms with van der Waals surface area (Å²) in [6.45, 7) is 4.31. The lowest BCUT2D eigenvalue weighted by molar-refractivity contribution is -0.113. The summed E-state index contributed by atoms with van der Waals surface area (Å²) in [5.41, 5.74) is 0.774. The predicted molar refractivity (Wildman–Crippen MR) is 112 cm³/mol. The van der Waals surface area contributed by atoms with Crippen LogP contribution in [0.25, 0.3) is 0 Å². The highest BCUT2D eigenvalue weighted by Crippen LogP contribution is 2.34. The number of amides is 1. The maximum Gasteiger partial charge on any atom is 0.234 e. The summed E-state index contributed by atoms with van der Waals surface area (Å²) >= 11 is 8.85. The van der Waals surface area contributed by atoms with Crippen LogP contribution >= 0.6 is 35.1 Å². The number of rotatable bonds is 8. The van der Waals surface area contributed by atoms with E-state index in [1.807, 2.05) is 53.1 Å². The van der Waals surface area contributed by atoms with Gasteiger partial charge in [0.2, 0.25) is 5.91 Å². The van der Waals surface area contributed by atoms with Crippen LogP contribution in [-0.4, -0.2) is 26.4 Å². The number of nitrogens with zero attached hydrogens (tertiary/aromatic N) is 3. The van der Waals surface area contributed by atoms with Crippen molar-refractivity contribution in [3.63, 3.8) is 0 Å². The summed E-state index contributed by atoms with van der Waals surface area (Å²) in [5, 5.41) is 12.3. The van der Waals surface area contributed by atoms with E-state index in [-0.39, 0.29) is 11.7 Å². The average molecular weight is 417 g/mol. The fourth-order valence-electron chi connectivity index (χ4n) is 2.23. The van der Waals surface area contributed by atoms with E-state index >= 15 is 0 Å². The first-order valence-electron chi connectivity index (χ1n) is 8.09. The molecule has 8 heteroatoms. The van der Waals surface area contributed by atoms with E-state index in [4.69, 9.17) is 11.6 Å². The second kappa shape index (κ2) is 9.64. The summed E-state index contributed by atoms with van der Waals surface area (Å²) in [5.74, 6) is 0.146. The number of aromatic nitrogens is 3. The van der Waals surface area contributed by atoms with E-state index < -0.39 is 0 Å². The largest absolute Gasteiger partial charge is 0.324 e. The molecule has 0 fully saturated rings. The highest BCUT2D eigenvalue weighted by molar-refractivity contribution is 8.00. The molecule has 0 unspecified atom stereocenters. The predicted octanol–water partition coefficient (Wildman–Crippen LogP) is 5.00. The molecule has 0 saturated heterocycles. The average Bonchev–Trinajstić information content (AvgIpc) is 3.11. The summed E-state index contributed by atoms with van der Waals surface area (Å²) in [4.78, 5) is 14.4. The topological polar surface area (TPSA) is 59.8 Å². The Hall–Kier alpha value is -2.22. The number of para-hydroxylation sites is 1. The first-order chi connectivity index (χ1) is 13.2. The Morgan fingerprint density at radius 1 is 1.22 bits per heavy atom. The molecule has 0 bridgehead atoms. The Labute approximate surface area is 171 Å². The van der Waals surface area contributed by atoms with Gasteiger partial charge in [0, 0.05) is 21.4 Å². The van der Waals surface area contributed by atoms with Gasteiger partial charge in [-0.1, -0.05) is 53.3 Å². The third-order valence-corrected chi connectivity index (χ3v) is 5.76. The van der Waals surface area contributed by atoms with Gasteiger partial charge in [-0.2, -0.15) is 0 Å². The van der Waals surface area contributed by atoms with Crippen LogP contribution in [0, 0.1) is 0 Å². The van der Waals surface area contributed by atoms with Crippen LogP contribution in [0.1, 0.15) is 0 Å². The third-order valence-electron chi connectivity index (χ3n) is 3.44. The zero-order chi connectivity index (χ0) is 19.1. The van der Waals surface area contributed by atoms with Gasteiger partial charge < -0.3 is 9.88 Å². The molecule has 0 atom stereocenters. The monoisotopic (exact) mass is 416 g/mol. The van der Waals surface area contributed by atoms with Crippen molar-refractivity contribution in [2.75, 3.05) is 11.1 Å². The van der Waals surface area contributed by atoms with Crippen molar-refractivity contribution in [3.8, 4) is 0 Å². The molecule has 3 rings (SSSR count). The summed E-state index contributed by atoms with van der Waals surface area (Å²) < 4.78 is 1.84. The molecule has 1 heterocycles. The molecule has 3 aromatic rings. The van der Waals surface area contributed by atoms with Crippen LogP contribution < -0.4 is 5.32 Å². The molecule has 1 amide bonds. The van der Waals surface area contributed by atoms with Crippen molar-refractivity contribution in [1.82, 2.24) is 14.8 Å². The van der Waals surface area contributed by atoms with Crippen molar-refractivity contribution in [2.24, 2.45) is 0 Å². The molecule has 1 N–H and O–H groups in total. The van der Waals surface area contributed by atoms with Crippen molar-refractivity contribution in [2.45, 2.75) is 21.5 Å². The molecule has 0 aliphatic rings. The minimum Gasteiger partial charge on any atom is -0.324 e. The highest BCUT2D eigenvalue weighted by atomic mass is 35.5. The van der Waals surface area contributed by atoms with Crippen LogP contribution in [0.5, 0.6) is 0 Å². The SMILES string of the molecule is C=CCn1cnnc1SCC(=O)Nc1ccccc1Sc1ccc(Cl)cc1. The van der Waals surface area contributed by atoms with E-state index in [1.54, 1.807) is 24.2 Å². The van der Waals surface area contributed by atoms with Crippen LogP contribution in [-0.2, 0) is 11.3 Å². The van der Waals surface area contributed by atoms with Gasteiger partial charge in [-0.25, -0.2) is 0 Å². The van der Waals surface area contributed by atoms with Gasteiger partial charge in [-0.15, -0.1) is 16.8 Å². The van der Waals surface area contributed by atoms with Crippen LogP contribution in [0.2, 0.25) is 5.02 Å². The van der Waals surface area contributed by atoms with Gasteiger partial charge in [0.1, 0.15) is 6.33 Å². The molecule has 1 aromatic heterocycles. The van der Waals surface area contributed by atoms with E-state index in [1.165, 1.54) is 11.8 Å². The van der Waals surface area contributed by atoms with E-state index in [0.717, 1.165) is 15.5 Å². The number of carbonyl (C=O) groups excluding carboxylic acids is 1. The Kier molecular flexibility index (Phi) is 6.98. The Bertz CT molecular complexity index is 927. The quantitative estimate of drug-likeness (QED) is 0.413. The smallest absolute Gasteiger partial charge is 0.234 e. The Balaban J connectivity index is 1.63. The third kappa shape index (κ3) is 5.63. The molecule has 0 saturated carbocycles. The molecule has 0 aliphatic heterocycles. The van der Waals surface area contributed by atoms with Crippen molar-refractivity contribution in [3.05, 3.63) is 72.5 Å². The second-order valence-electron chi connectivity index (χ2n) is 5.44. The Morgan fingerprint density at radius 3 is 2.78 bits per heavy atom. The maximum atomic E-state index is 12.4. The molecule has 0 spiro atoms. The lowest BCUT2D eigenvalue weighted by atomic mass is 10.3. The molecule has 0 radical (unpaired) electrons. The number of hydrogen-bond donors (Lipinski definition) is 1. The number of allylic oxidation sites excluding steroid dienone is 1. The number of halogens is 1. The lowest BCUT2D eigenvalue weighted by Crippen LogP contribution is -2.15. The van der Waals surface area contributed by atoms with Gasteiger partial charge in [0.15, 0.2) is 5.16 Å². The van der Waals surface area contributed by atoms with E-state index in [0.29, 0.717) is 16.7 Å². The first-order valence-corrected chi connectivity index (χ1v) is 10.3. The zero-order valence-corrected chi connectivity index (χ0v) is 16.7. The van der Waals surface area contributed by atoms with Crippen LogP contribution in [0.3, 0.4) is 0 Å². The van der Waals surface area contributed by atoms with Crippen molar-refractivity contribution < 1.29 is 4.79 Å². The fraction of sp³-hybridized carbons (Fsp3) is 0.105. The molecule has 2 aromatic carbocycles. The molecular weight excluding hydrogens is 400 g/mol. The van der Waals surface area contributed by atoms with Crippen LogP contribution in [0.4, 0.5) is 5.69 Å². The maximum absolute atomic E-state index is 12.4. The summed E-state index contributed by atoms with van der Waals surface area (Å²) in [7, 11) is 0. The van der Waals surface area contributed by atoms with Crippen LogP contribution in [0.15, 0.2) is 82.5 Å². The van der Waals surface area contributed by atoms with E-state index in [9.17, 15) is 4.79 Å². The summed E-state index contributed by atoms with van der Waals surface area (Å²) in [6.07, 6.45) is 3.39. The number of thioether (sulfide) groups is 1. The molecule has 5 nitrogen and oxygen atoms in total. The van der Waals surface area contributed by atoms with Gasteiger partial charge in [-0.05, 0) is 36.4 Å². The molecule has 0 aliphatic carbocycles. The number of benzene rings is 2. The second-order valence-corrected chi connectivity index (χ2v) is 7.94. The first kappa shape index (κ1) is 19.5. The molecule has 138 valence electrons. The summed E-state index contributed by atoms with van der Waals surface area (Å²) in [6, 6.07) is 15.3. The van der Waals surface area contributed by atoms with Gasteiger partial charge in [0.05, 0.1) is 11.4 Å². The zero-order valence-electron chi connectivity index (χ0n) is 14.3. The highest BCUT2D eigenvalue weighted by Gasteiger charge is 2.11. The minimum absolute atomic E-state index is 0.0997.